The van der Waals surface area contributed by atoms with E-state index in [4.69, 9.17) is 19.4 Å². The lowest BCUT2D eigenvalue weighted by atomic mass is 9.96. The van der Waals surface area contributed by atoms with E-state index in [0.29, 0.717) is 17.5 Å². The summed E-state index contributed by atoms with van der Waals surface area (Å²) in [6.07, 6.45) is 0. The summed E-state index contributed by atoms with van der Waals surface area (Å²) in [4.78, 5) is 15.1. The van der Waals surface area contributed by atoms with Crippen molar-refractivity contribution in [3.8, 4) is 45.3 Å². The molecule has 0 radical (unpaired) electrons. The minimum absolute atomic E-state index is 0.601. The van der Waals surface area contributed by atoms with Gasteiger partial charge in [-0.1, -0.05) is 121 Å². The molecule has 0 aliphatic carbocycles. The minimum atomic E-state index is 0.601. The number of nitrogens with zero attached hydrogens (tertiary/aromatic N) is 3. The Labute approximate surface area is 259 Å². The van der Waals surface area contributed by atoms with Crippen LogP contribution in [-0.2, 0) is 0 Å². The fourth-order valence-corrected chi connectivity index (χ4v) is 6.22. The van der Waals surface area contributed by atoms with Gasteiger partial charge in [0.25, 0.3) is 0 Å². The zero-order valence-electron chi connectivity index (χ0n) is 24.2. The molecule has 2 aromatic heterocycles. The summed E-state index contributed by atoms with van der Waals surface area (Å²) < 4.78 is 6.21. The number of para-hydroxylation sites is 1. The predicted molar refractivity (Wildman–Crippen MR) is 184 cm³/mol. The van der Waals surface area contributed by atoms with Gasteiger partial charge in [0.1, 0.15) is 11.2 Å². The van der Waals surface area contributed by atoms with Gasteiger partial charge < -0.3 is 4.42 Å². The number of aromatic nitrogens is 3. The molecule has 0 spiro atoms. The summed E-state index contributed by atoms with van der Waals surface area (Å²) in [5.74, 6) is 1.86. The Morgan fingerprint density at radius 3 is 1.87 bits per heavy atom. The molecule has 4 nitrogen and oxygen atoms in total. The second-order valence-corrected chi connectivity index (χ2v) is 11.3. The minimum Gasteiger partial charge on any atom is -0.456 e. The highest BCUT2D eigenvalue weighted by molar-refractivity contribution is 6.06. The number of hydrogen-bond acceptors (Lipinski definition) is 4. The average molecular weight is 576 g/mol. The van der Waals surface area contributed by atoms with Crippen LogP contribution in [0.2, 0.25) is 0 Å². The zero-order valence-corrected chi connectivity index (χ0v) is 24.2. The molecule has 0 unspecified atom stereocenters. The Hall–Kier alpha value is -6.13. The molecule has 0 fully saturated rings. The molecule has 7 aromatic carbocycles. The lowest BCUT2D eigenvalue weighted by molar-refractivity contribution is 0.669. The Morgan fingerprint density at radius 1 is 0.333 bits per heavy atom. The van der Waals surface area contributed by atoms with Crippen LogP contribution in [0, 0.1) is 0 Å². The standard InChI is InChI=1S/C41H25N3O/c1-2-10-28(11-3-1)39-42-40(32-21-22-34-33-14-6-7-16-37(33)45-38(34)25-32)44-41(43-39)35-15-8-13-27-18-20-31(24-36(27)35)30-19-17-26-9-4-5-12-29(26)23-30/h1-25H. The number of hydrogen-bond donors (Lipinski definition) is 0. The van der Waals surface area contributed by atoms with Gasteiger partial charge in [-0.3, -0.25) is 0 Å². The SMILES string of the molecule is c1ccc(-c2nc(-c3ccc4c(c3)oc3ccccc34)nc(-c3cccc4ccc(-c5ccc6ccccc6c5)cc34)n2)cc1. The van der Waals surface area contributed by atoms with Crippen molar-refractivity contribution in [2.24, 2.45) is 0 Å². The topological polar surface area (TPSA) is 51.8 Å². The van der Waals surface area contributed by atoms with Crippen LogP contribution in [0.5, 0.6) is 0 Å². The Bertz CT molecular complexity index is 2550. The summed E-state index contributed by atoms with van der Waals surface area (Å²) >= 11 is 0. The summed E-state index contributed by atoms with van der Waals surface area (Å²) in [5, 5.41) is 6.84. The monoisotopic (exact) mass is 575 g/mol. The first kappa shape index (κ1) is 25.4. The summed E-state index contributed by atoms with van der Waals surface area (Å²) in [7, 11) is 0. The maximum atomic E-state index is 6.21. The molecule has 0 aliphatic heterocycles. The number of rotatable bonds is 4. The van der Waals surface area contributed by atoms with Crippen LogP contribution in [0.3, 0.4) is 0 Å². The first-order valence-corrected chi connectivity index (χ1v) is 15.0. The summed E-state index contributed by atoms with van der Waals surface area (Å²) in [6.45, 7) is 0. The van der Waals surface area contributed by atoms with Gasteiger partial charge in [-0.15, -0.1) is 0 Å². The van der Waals surface area contributed by atoms with Gasteiger partial charge >= 0.3 is 0 Å². The van der Waals surface area contributed by atoms with Crippen LogP contribution in [0.25, 0.3) is 88.8 Å². The molecule has 45 heavy (non-hydrogen) atoms. The molecule has 0 atom stereocenters. The van der Waals surface area contributed by atoms with E-state index in [1.54, 1.807) is 0 Å². The van der Waals surface area contributed by atoms with Gasteiger partial charge in [-0.25, -0.2) is 15.0 Å². The van der Waals surface area contributed by atoms with Crippen LogP contribution in [-0.4, -0.2) is 15.0 Å². The first-order chi connectivity index (χ1) is 22.3. The average Bonchev–Trinajstić information content (AvgIpc) is 3.49. The molecule has 9 rings (SSSR count). The predicted octanol–water partition coefficient (Wildman–Crippen LogP) is 10.7. The molecular formula is C41H25N3O. The van der Waals surface area contributed by atoms with Crippen LogP contribution < -0.4 is 0 Å². The van der Waals surface area contributed by atoms with E-state index in [2.05, 4.69) is 97.1 Å². The normalized spacial score (nSPS) is 11.6. The Morgan fingerprint density at radius 2 is 0.978 bits per heavy atom. The number of fused-ring (bicyclic) bond motifs is 5. The van der Waals surface area contributed by atoms with E-state index in [0.717, 1.165) is 55.0 Å². The van der Waals surface area contributed by atoms with Crippen molar-refractivity contribution >= 4 is 43.5 Å². The molecule has 4 heteroatoms. The molecule has 210 valence electrons. The molecule has 0 amide bonds. The number of furan rings is 1. The van der Waals surface area contributed by atoms with Crippen molar-refractivity contribution in [1.82, 2.24) is 15.0 Å². The lowest BCUT2D eigenvalue weighted by Gasteiger charge is -2.12. The molecule has 0 saturated heterocycles. The second kappa shape index (κ2) is 10.2. The van der Waals surface area contributed by atoms with E-state index in [1.807, 2.05) is 54.6 Å². The molecule has 2 heterocycles. The van der Waals surface area contributed by atoms with Crippen LogP contribution in [0.4, 0.5) is 0 Å². The van der Waals surface area contributed by atoms with Crippen molar-refractivity contribution in [2.45, 2.75) is 0 Å². The molecular weight excluding hydrogens is 550 g/mol. The fourth-order valence-electron chi connectivity index (χ4n) is 6.22. The van der Waals surface area contributed by atoms with E-state index < -0.39 is 0 Å². The van der Waals surface area contributed by atoms with E-state index in [-0.39, 0.29) is 0 Å². The van der Waals surface area contributed by atoms with Gasteiger partial charge in [0.15, 0.2) is 17.5 Å². The maximum absolute atomic E-state index is 6.21. The smallest absolute Gasteiger partial charge is 0.164 e. The maximum Gasteiger partial charge on any atom is 0.164 e. The van der Waals surface area contributed by atoms with Gasteiger partial charge in [-0.2, -0.15) is 0 Å². The lowest BCUT2D eigenvalue weighted by Crippen LogP contribution is -2.00. The summed E-state index contributed by atoms with van der Waals surface area (Å²) in [5.41, 5.74) is 6.76. The van der Waals surface area contributed by atoms with Gasteiger partial charge in [0.2, 0.25) is 0 Å². The third kappa shape index (κ3) is 4.43. The molecule has 0 saturated carbocycles. The second-order valence-electron chi connectivity index (χ2n) is 11.3. The number of benzene rings is 7. The molecule has 0 bridgehead atoms. The molecule has 9 aromatic rings. The third-order valence-corrected chi connectivity index (χ3v) is 8.51. The van der Waals surface area contributed by atoms with E-state index >= 15 is 0 Å². The largest absolute Gasteiger partial charge is 0.456 e. The van der Waals surface area contributed by atoms with Gasteiger partial charge in [-0.05, 0) is 63.0 Å². The van der Waals surface area contributed by atoms with Crippen LogP contribution in [0.1, 0.15) is 0 Å². The van der Waals surface area contributed by atoms with Crippen molar-refractivity contribution in [3.63, 3.8) is 0 Å². The quantitative estimate of drug-likeness (QED) is 0.209. The molecule has 0 aliphatic rings. The van der Waals surface area contributed by atoms with Gasteiger partial charge in [0.05, 0.1) is 0 Å². The Kier molecular flexibility index (Phi) is 5.78. The Balaban J connectivity index is 1.23. The van der Waals surface area contributed by atoms with Crippen molar-refractivity contribution in [3.05, 3.63) is 152 Å². The van der Waals surface area contributed by atoms with Crippen molar-refractivity contribution in [2.75, 3.05) is 0 Å². The highest BCUT2D eigenvalue weighted by Crippen LogP contribution is 2.35. The highest BCUT2D eigenvalue weighted by Gasteiger charge is 2.16. The van der Waals surface area contributed by atoms with E-state index in [9.17, 15) is 0 Å². The van der Waals surface area contributed by atoms with Crippen LogP contribution in [0.15, 0.2) is 156 Å². The zero-order chi connectivity index (χ0) is 29.7. The van der Waals surface area contributed by atoms with Gasteiger partial charge in [0, 0.05) is 27.5 Å². The third-order valence-electron chi connectivity index (χ3n) is 8.51. The fraction of sp³-hybridized carbons (Fsp3) is 0. The molecule has 0 N–H and O–H groups in total. The van der Waals surface area contributed by atoms with Crippen molar-refractivity contribution < 1.29 is 4.42 Å². The summed E-state index contributed by atoms with van der Waals surface area (Å²) in [6, 6.07) is 52.4. The highest BCUT2D eigenvalue weighted by atomic mass is 16.3. The van der Waals surface area contributed by atoms with Crippen LogP contribution >= 0.6 is 0 Å². The first-order valence-electron chi connectivity index (χ1n) is 15.0. The van der Waals surface area contributed by atoms with Crippen molar-refractivity contribution in [1.29, 1.82) is 0 Å². The van der Waals surface area contributed by atoms with E-state index in [1.165, 1.54) is 16.3 Å².